The Morgan fingerprint density at radius 1 is 1.00 bits per heavy atom. The van der Waals surface area contributed by atoms with Gasteiger partial charge in [-0.15, -0.1) is 0 Å². The summed E-state index contributed by atoms with van der Waals surface area (Å²) >= 11 is 0. The van der Waals surface area contributed by atoms with Crippen LogP contribution in [0.25, 0.3) is 11.0 Å². The molecule has 0 radical (unpaired) electrons. The Kier molecular flexibility index (Phi) is 4.60. The third kappa shape index (κ3) is 3.66. The van der Waals surface area contributed by atoms with Crippen LogP contribution in [0, 0.1) is 6.92 Å². The van der Waals surface area contributed by atoms with Gasteiger partial charge in [0.2, 0.25) is 5.95 Å². The summed E-state index contributed by atoms with van der Waals surface area (Å²) in [6.45, 7) is 4.64. The average molecular weight is 384 g/mol. The van der Waals surface area contributed by atoms with Gasteiger partial charge < -0.3 is 10.2 Å². The van der Waals surface area contributed by atoms with Crippen molar-refractivity contribution >= 4 is 22.8 Å². The summed E-state index contributed by atoms with van der Waals surface area (Å²) in [5.41, 5.74) is 5.73. The molecule has 5 rings (SSSR count). The first-order valence-electron chi connectivity index (χ1n) is 10.1. The van der Waals surface area contributed by atoms with Gasteiger partial charge in [-0.3, -0.25) is 5.10 Å². The van der Waals surface area contributed by atoms with Gasteiger partial charge in [0.25, 0.3) is 0 Å². The van der Waals surface area contributed by atoms with E-state index in [0.29, 0.717) is 5.95 Å². The molecule has 0 saturated heterocycles. The van der Waals surface area contributed by atoms with E-state index in [1.165, 1.54) is 16.7 Å². The zero-order valence-corrected chi connectivity index (χ0v) is 16.5. The Labute approximate surface area is 170 Å². The van der Waals surface area contributed by atoms with E-state index < -0.39 is 0 Å². The molecule has 4 aromatic rings. The van der Waals surface area contributed by atoms with Gasteiger partial charge in [-0.1, -0.05) is 60.2 Å². The number of aromatic nitrogens is 4. The normalized spacial score (nSPS) is 13.1. The van der Waals surface area contributed by atoms with Crippen molar-refractivity contribution in [1.29, 1.82) is 0 Å². The van der Waals surface area contributed by atoms with E-state index in [-0.39, 0.29) is 0 Å². The average Bonchev–Trinajstić information content (AvgIpc) is 3.16. The zero-order chi connectivity index (χ0) is 19.6. The van der Waals surface area contributed by atoms with E-state index in [2.05, 4.69) is 80.9 Å². The van der Waals surface area contributed by atoms with Crippen LogP contribution in [0.2, 0.25) is 0 Å². The van der Waals surface area contributed by atoms with E-state index in [4.69, 9.17) is 4.98 Å². The summed E-state index contributed by atoms with van der Waals surface area (Å²) in [5.74, 6) is 1.60. The molecule has 0 aliphatic carbocycles. The first kappa shape index (κ1) is 17.7. The fraction of sp³-hybridized carbons (Fsp3) is 0.261. The first-order valence-corrected chi connectivity index (χ1v) is 10.1. The Hall–Kier alpha value is -3.41. The minimum Gasteiger partial charge on any atom is -0.354 e. The fourth-order valence-corrected chi connectivity index (χ4v) is 3.84. The molecular weight excluding hydrogens is 360 g/mol. The number of hydrogen-bond acceptors (Lipinski definition) is 5. The van der Waals surface area contributed by atoms with Crippen molar-refractivity contribution in [1.82, 2.24) is 20.2 Å². The van der Waals surface area contributed by atoms with Gasteiger partial charge in [-0.25, -0.2) is 0 Å². The highest BCUT2D eigenvalue weighted by Gasteiger charge is 2.24. The molecule has 0 amide bonds. The number of aromatic amines is 1. The van der Waals surface area contributed by atoms with Crippen molar-refractivity contribution in [2.75, 3.05) is 23.3 Å². The second-order valence-corrected chi connectivity index (χ2v) is 7.59. The van der Waals surface area contributed by atoms with Crippen molar-refractivity contribution < 1.29 is 0 Å². The van der Waals surface area contributed by atoms with Crippen LogP contribution in [0.5, 0.6) is 0 Å². The van der Waals surface area contributed by atoms with Crippen LogP contribution in [0.4, 0.5) is 11.8 Å². The number of hydrogen-bond donors (Lipinski definition) is 2. The van der Waals surface area contributed by atoms with E-state index in [0.717, 1.165) is 55.0 Å². The highest BCUT2D eigenvalue weighted by atomic mass is 15.3. The monoisotopic (exact) mass is 384 g/mol. The molecule has 0 bridgehead atoms. The Morgan fingerprint density at radius 3 is 2.66 bits per heavy atom. The summed E-state index contributed by atoms with van der Waals surface area (Å²) < 4.78 is 0. The maximum atomic E-state index is 4.87. The smallest absolute Gasteiger partial charge is 0.226 e. The molecule has 1 aliphatic rings. The predicted octanol–water partition coefficient (Wildman–Crippen LogP) is 3.88. The molecule has 0 spiro atoms. The van der Waals surface area contributed by atoms with Crippen molar-refractivity contribution in [2.24, 2.45) is 0 Å². The molecule has 0 atom stereocenters. The number of nitrogens with one attached hydrogen (secondary N) is 2. The highest BCUT2D eigenvalue weighted by molar-refractivity contribution is 5.91. The van der Waals surface area contributed by atoms with Gasteiger partial charge >= 0.3 is 0 Å². The molecule has 146 valence electrons. The number of benzene rings is 2. The number of H-pyrrole nitrogens is 1. The van der Waals surface area contributed by atoms with Crippen LogP contribution in [0.15, 0.2) is 54.6 Å². The second kappa shape index (κ2) is 7.54. The molecule has 0 fully saturated rings. The molecule has 0 saturated carbocycles. The standard InChI is InChI=1S/C23H24N6/c1-16-7-9-17(10-8-16)11-13-24-23-25-21-20-19(27-28-21)12-14-29(22(20)26-23)15-18-5-3-2-4-6-18/h2-10H,11-15H2,1H3,(H2,24,25,26,27,28). The van der Waals surface area contributed by atoms with Crippen LogP contribution < -0.4 is 10.2 Å². The van der Waals surface area contributed by atoms with E-state index in [9.17, 15) is 0 Å². The molecular formula is C23H24N6. The second-order valence-electron chi connectivity index (χ2n) is 7.59. The molecule has 29 heavy (non-hydrogen) atoms. The van der Waals surface area contributed by atoms with Crippen LogP contribution >= 0.6 is 0 Å². The number of aryl methyl sites for hydroxylation is 1. The molecule has 2 aromatic heterocycles. The number of rotatable bonds is 6. The Morgan fingerprint density at radius 2 is 1.83 bits per heavy atom. The highest BCUT2D eigenvalue weighted by Crippen LogP contribution is 2.32. The minimum absolute atomic E-state index is 0.637. The molecule has 2 aromatic carbocycles. The lowest BCUT2D eigenvalue weighted by atomic mass is 10.1. The molecule has 6 nitrogen and oxygen atoms in total. The van der Waals surface area contributed by atoms with Gasteiger partial charge in [0, 0.05) is 26.1 Å². The summed E-state index contributed by atoms with van der Waals surface area (Å²) in [6, 6.07) is 19.2. The quantitative estimate of drug-likeness (QED) is 0.528. The lowest BCUT2D eigenvalue weighted by molar-refractivity contribution is 0.747. The lowest BCUT2D eigenvalue weighted by Gasteiger charge is -2.28. The predicted molar refractivity (Wildman–Crippen MR) is 116 cm³/mol. The maximum absolute atomic E-state index is 4.87. The third-order valence-electron chi connectivity index (χ3n) is 5.43. The first-order chi connectivity index (χ1) is 14.3. The Balaban J connectivity index is 1.38. The topological polar surface area (TPSA) is 69.7 Å². The van der Waals surface area contributed by atoms with Gasteiger partial charge in [-0.2, -0.15) is 15.1 Å². The summed E-state index contributed by atoms with van der Waals surface area (Å²) in [4.78, 5) is 11.8. The van der Waals surface area contributed by atoms with Crippen molar-refractivity contribution in [3.63, 3.8) is 0 Å². The molecule has 6 heteroatoms. The molecule has 0 unspecified atom stereocenters. The number of nitrogens with zero attached hydrogens (tertiary/aromatic N) is 4. The summed E-state index contributed by atoms with van der Waals surface area (Å²) in [5, 5.41) is 12.0. The molecule has 2 N–H and O–H groups in total. The van der Waals surface area contributed by atoms with E-state index in [1.54, 1.807) is 0 Å². The largest absolute Gasteiger partial charge is 0.354 e. The Bertz CT molecular complexity index is 1120. The summed E-state index contributed by atoms with van der Waals surface area (Å²) in [7, 11) is 0. The minimum atomic E-state index is 0.637. The van der Waals surface area contributed by atoms with Gasteiger partial charge in [-0.05, 0) is 24.5 Å². The summed E-state index contributed by atoms with van der Waals surface area (Å²) in [6.07, 6.45) is 1.86. The van der Waals surface area contributed by atoms with Crippen molar-refractivity contribution in [3.05, 3.63) is 77.0 Å². The molecule has 3 heterocycles. The lowest BCUT2D eigenvalue weighted by Crippen LogP contribution is -2.29. The van der Waals surface area contributed by atoms with Crippen LogP contribution in [0.3, 0.4) is 0 Å². The van der Waals surface area contributed by atoms with Crippen LogP contribution in [0.1, 0.15) is 22.4 Å². The van der Waals surface area contributed by atoms with Crippen LogP contribution in [-0.4, -0.2) is 33.3 Å². The van der Waals surface area contributed by atoms with Crippen molar-refractivity contribution in [2.45, 2.75) is 26.3 Å². The van der Waals surface area contributed by atoms with Gasteiger partial charge in [0.1, 0.15) is 5.82 Å². The fourth-order valence-electron chi connectivity index (χ4n) is 3.84. The SMILES string of the molecule is Cc1ccc(CCNc2nc3c4c([nH]nc4n2)CCN3Cc2ccccc2)cc1. The third-order valence-corrected chi connectivity index (χ3v) is 5.43. The van der Waals surface area contributed by atoms with E-state index in [1.807, 2.05) is 6.07 Å². The van der Waals surface area contributed by atoms with Gasteiger partial charge in [0.15, 0.2) is 5.65 Å². The maximum Gasteiger partial charge on any atom is 0.226 e. The van der Waals surface area contributed by atoms with Crippen LogP contribution in [-0.2, 0) is 19.4 Å². The zero-order valence-electron chi connectivity index (χ0n) is 16.5. The van der Waals surface area contributed by atoms with Crippen molar-refractivity contribution in [3.8, 4) is 0 Å². The van der Waals surface area contributed by atoms with E-state index >= 15 is 0 Å². The van der Waals surface area contributed by atoms with Gasteiger partial charge in [0.05, 0.1) is 11.1 Å². The number of anilines is 2. The molecule has 1 aliphatic heterocycles.